The van der Waals surface area contributed by atoms with Gasteiger partial charge in [-0.05, 0) is 26.0 Å². The van der Waals surface area contributed by atoms with Crippen molar-refractivity contribution < 1.29 is 32.5 Å². The van der Waals surface area contributed by atoms with Crippen molar-refractivity contribution in [2.75, 3.05) is 18.6 Å². The van der Waals surface area contributed by atoms with Gasteiger partial charge in [0.25, 0.3) is 5.19 Å². The molecule has 1 aromatic carbocycles. The van der Waals surface area contributed by atoms with E-state index in [1.165, 1.54) is 11.3 Å². The van der Waals surface area contributed by atoms with Crippen LogP contribution in [0.25, 0.3) is 10.2 Å². The maximum absolute atomic E-state index is 11.9. The average molecular weight is 415 g/mol. The Balaban J connectivity index is 1.51. The molecule has 0 amide bonds. The summed E-state index contributed by atoms with van der Waals surface area (Å²) in [6.45, 7) is 3.30. The van der Waals surface area contributed by atoms with Crippen molar-refractivity contribution in [2.45, 2.75) is 43.7 Å². The van der Waals surface area contributed by atoms with Crippen molar-refractivity contribution >= 4 is 31.4 Å². The van der Waals surface area contributed by atoms with Crippen LogP contribution in [0.5, 0.6) is 5.19 Å². The van der Waals surface area contributed by atoms with E-state index in [0.717, 1.165) is 16.5 Å². The van der Waals surface area contributed by atoms with Crippen molar-refractivity contribution in [3.63, 3.8) is 0 Å². The number of aliphatic hydroxyl groups is 1. The second kappa shape index (κ2) is 6.36. The third-order valence-corrected chi connectivity index (χ3v) is 6.29. The summed E-state index contributed by atoms with van der Waals surface area (Å²) < 4.78 is 47.9. The molecule has 148 valence electrons. The van der Waals surface area contributed by atoms with Gasteiger partial charge in [0.15, 0.2) is 15.6 Å². The number of ether oxygens (including phenoxy) is 4. The Morgan fingerprint density at radius 2 is 2.04 bits per heavy atom. The zero-order valence-electron chi connectivity index (χ0n) is 15.1. The van der Waals surface area contributed by atoms with Gasteiger partial charge in [0, 0.05) is 6.26 Å². The lowest BCUT2D eigenvalue weighted by Crippen LogP contribution is -2.46. The molecule has 0 bridgehead atoms. The van der Waals surface area contributed by atoms with E-state index in [4.69, 9.17) is 18.9 Å². The van der Waals surface area contributed by atoms with Gasteiger partial charge in [-0.2, -0.15) is 0 Å². The minimum Gasteiger partial charge on any atom is -0.467 e. The van der Waals surface area contributed by atoms with Crippen LogP contribution < -0.4 is 4.74 Å². The molecule has 0 radical (unpaired) electrons. The van der Waals surface area contributed by atoms with Gasteiger partial charge in [0.2, 0.25) is 5.79 Å². The standard InChI is InChI=1S/C17H21NO7S2/c1-16(2)24-14-13(19)11(23-17(14,25-16)9-27(3,20)21)8-22-15-18-10-6-4-5-7-12(10)26-15/h4-7,11,13-14,19H,8-9H2,1-3H3/t11-,13+,14-,17-/m0/s1. The first-order valence-corrected chi connectivity index (χ1v) is 11.3. The maximum atomic E-state index is 11.9. The van der Waals surface area contributed by atoms with Gasteiger partial charge in [-0.3, -0.25) is 0 Å². The number of aliphatic hydroxyl groups excluding tert-OH is 1. The Labute approximate surface area is 160 Å². The monoisotopic (exact) mass is 415 g/mol. The summed E-state index contributed by atoms with van der Waals surface area (Å²) in [5.41, 5.74) is 0.823. The highest BCUT2D eigenvalue weighted by Crippen LogP contribution is 2.46. The normalized spacial score (nSPS) is 32.7. The molecule has 2 aliphatic rings. The molecule has 27 heavy (non-hydrogen) atoms. The second-order valence-corrected chi connectivity index (χ2v) is 10.5. The van der Waals surface area contributed by atoms with E-state index in [2.05, 4.69) is 4.98 Å². The van der Waals surface area contributed by atoms with E-state index in [0.29, 0.717) is 5.19 Å². The van der Waals surface area contributed by atoms with Gasteiger partial charge < -0.3 is 24.1 Å². The van der Waals surface area contributed by atoms with Gasteiger partial charge in [0.1, 0.15) is 30.7 Å². The molecular formula is C17H21NO7S2. The molecule has 3 heterocycles. The predicted octanol–water partition coefficient (Wildman–Crippen LogP) is 1.33. The minimum absolute atomic E-state index is 0.00382. The summed E-state index contributed by atoms with van der Waals surface area (Å²) >= 11 is 1.38. The number of para-hydroxylation sites is 1. The lowest BCUT2D eigenvalue weighted by atomic mass is 10.1. The molecule has 0 saturated carbocycles. The summed E-state index contributed by atoms with van der Waals surface area (Å²) in [5, 5.41) is 11.1. The number of sulfone groups is 1. The van der Waals surface area contributed by atoms with Crippen LogP contribution in [-0.2, 0) is 24.0 Å². The van der Waals surface area contributed by atoms with Crippen LogP contribution in [0.4, 0.5) is 0 Å². The van der Waals surface area contributed by atoms with Crippen LogP contribution >= 0.6 is 11.3 Å². The fraction of sp³-hybridized carbons (Fsp3) is 0.588. The minimum atomic E-state index is -3.44. The summed E-state index contributed by atoms with van der Waals surface area (Å²) in [4.78, 5) is 4.37. The Hall–Kier alpha value is -1.30. The largest absolute Gasteiger partial charge is 0.467 e. The topological polar surface area (TPSA) is 104 Å². The van der Waals surface area contributed by atoms with E-state index in [9.17, 15) is 13.5 Å². The highest BCUT2D eigenvalue weighted by molar-refractivity contribution is 7.90. The van der Waals surface area contributed by atoms with Crippen LogP contribution in [-0.4, -0.2) is 67.0 Å². The summed E-state index contributed by atoms with van der Waals surface area (Å²) in [6, 6.07) is 7.63. The Morgan fingerprint density at radius 3 is 2.74 bits per heavy atom. The number of rotatable bonds is 5. The third kappa shape index (κ3) is 3.69. The lowest BCUT2D eigenvalue weighted by molar-refractivity contribution is -0.255. The van der Waals surface area contributed by atoms with Crippen molar-refractivity contribution in [3.8, 4) is 5.19 Å². The fourth-order valence-electron chi connectivity index (χ4n) is 3.55. The van der Waals surface area contributed by atoms with E-state index < -0.39 is 45.5 Å². The SMILES string of the molecule is CC1(C)O[C@H]2[C@H](O)[C@H](COc3nc4ccccc4s3)O[C@@]2(CS(C)(=O)=O)O1. The van der Waals surface area contributed by atoms with Crippen LogP contribution in [0.2, 0.25) is 0 Å². The number of nitrogens with zero attached hydrogens (tertiary/aromatic N) is 1. The number of hydrogen-bond donors (Lipinski definition) is 1. The Bertz CT molecular complexity index is 924. The first kappa shape index (κ1) is 19.0. The molecule has 1 N–H and O–H groups in total. The van der Waals surface area contributed by atoms with E-state index >= 15 is 0 Å². The van der Waals surface area contributed by atoms with Crippen molar-refractivity contribution in [2.24, 2.45) is 0 Å². The third-order valence-electron chi connectivity index (χ3n) is 4.41. The number of fused-ring (bicyclic) bond motifs is 2. The quantitative estimate of drug-likeness (QED) is 0.780. The van der Waals surface area contributed by atoms with Crippen LogP contribution in [0.15, 0.2) is 24.3 Å². The smallest absolute Gasteiger partial charge is 0.274 e. The van der Waals surface area contributed by atoms with Crippen LogP contribution in [0, 0.1) is 0 Å². The van der Waals surface area contributed by atoms with E-state index in [1.54, 1.807) is 13.8 Å². The van der Waals surface area contributed by atoms with E-state index in [-0.39, 0.29) is 6.61 Å². The molecule has 4 rings (SSSR count). The number of hydrogen-bond acceptors (Lipinski definition) is 9. The van der Waals surface area contributed by atoms with Crippen molar-refractivity contribution in [3.05, 3.63) is 24.3 Å². The number of benzene rings is 1. The predicted molar refractivity (Wildman–Crippen MR) is 98.5 cm³/mol. The molecule has 10 heteroatoms. The summed E-state index contributed by atoms with van der Waals surface area (Å²) in [5.74, 6) is -3.03. The molecule has 2 aliphatic heterocycles. The molecule has 2 saturated heterocycles. The highest BCUT2D eigenvalue weighted by Gasteiger charge is 2.65. The Morgan fingerprint density at radius 1 is 1.30 bits per heavy atom. The van der Waals surface area contributed by atoms with Crippen LogP contribution in [0.1, 0.15) is 13.8 Å². The fourth-order valence-corrected chi connectivity index (χ4v) is 5.39. The molecule has 4 atom stereocenters. The summed E-state index contributed by atoms with van der Waals surface area (Å²) in [6.07, 6.45) is -1.73. The summed E-state index contributed by atoms with van der Waals surface area (Å²) in [7, 11) is -3.44. The van der Waals surface area contributed by atoms with Gasteiger partial charge >= 0.3 is 0 Å². The van der Waals surface area contributed by atoms with E-state index in [1.807, 2.05) is 24.3 Å². The molecule has 0 spiro atoms. The highest BCUT2D eigenvalue weighted by atomic mass is 32.2. The lowest BCUT2D eigenvalue weighted by Gasteiger charge is -2.28. The van der Waals surface area contributed by atoms with Gasteiger partial charge in [0.05, 0.1) is 10.2 Å². The number of aromatic nitrogens is 1. The molecule has 0 unspecified atom stereocenters. The molecule has 0 aliphatic carbocycles. The van der Waals surface area contributed by atoms with Crippen molar-refractivity contribution in [1.82, 2.24) is 4.98 Å². The molecule has 8 nitrogen and oxygen atoms in total. The van der Waals surface area contributed by atoms with Crippen LogP contribution in [0.3, 0.4) is 0 Å². The van der Waals surface area contributed by atoms with Gasteiger partial charge in [-0.15, -0.1) is 0 Å². The van der Waals surface area contributed by atoms with Gasteiger partial charge in [-0.1, -0.05) is 23.5 Å². The maximum Gasteiger partial charge on any atom is 0.274 e. The molecule has 2 aromatic rings. The Kier molecular flexibility index (Phi) is 4.48. The average Bonchev–Trinajstić information content (AvgIpc) is 3.13. The first-order valence-electron chi connectivity index (χ1n) is 8.47. The van der Waals surface area contributed by atoms with Crippen molar-refractivity contribution in [1.29, 1.82) is 0 Å². The second-order valence-electron chi connectivity index (χ2n) is 7.33. The zero-order valence-corrected chi connectivity index (χ0v) is 16.7. The molecular weight excluding hydrogens is 394 g/mol. The molecule has 1 aromatic heterocycles. The molecule has 2 fully saturated rings. The van der Waals surface area contributed by atoms with Gasteiger partial charge in [-0.25, -0.2) is 13.4 Å². The first-order chi connectivity index (χ1) is 12.6. The number of thiazole rings is 1. The zero-order chi connectivity index (χ0) is 19.4.